The molecule has 2 aromatic rings. The predicted octanol–water partition coefficient (Wildman–Crippen LogP) is 4.24. The third-order valence-electron chi connectivity index (χ3n) is 3.10. The van der Waals surface area contributed by atoms with E-state index < -0.39 is 31.3 Å². The summed E-state index contributed by atoms with van der Waals surface area (Å²) in [4.78, 5) is 24.3. The smallest absolute Gasteiger partial charge is 0.511 e. The summed E-state index contributed by atoms with van der Waals surface area (Å²) in [5, 5.41) is 18.3. The number of ketones is 2. The van der Waals surface area contributed by atoms with E-state index in [4.69, 9.17) is 19.3 Å². The van der Waals surface area contributed by atoms with Gasteiger partial charge in [0, 0.05) is 15.7 Å². The molecule has 0 unspecified atom stereocenters. The van der Waals surface area contributed by atoms with Crippen LogP contribution in [0.25, 0.3) is 0 Å². The van der Waals surface area contributed by atoms with Crippen LogP contribution in [-0.4, -0.2) is 21.8 Å². The molecule has 0 radical (unpaired) electrons. The number of hydrogen-bond donors (Lipinski definition) is 2. The molecule has 132 valence electrons. The molecule has 7 nitrogen and oxygen atoms in total. The van der Waals surface area contributed by atoms with Crippen LogP contribution in [-0.2, 0) is 13.6 Å². The van der Waals surface area contributed by atoms with Crippen molar-refractivity contribution >= 4 is 19.8 Å². The molecule has 0 fully saturated rings. The van der Waals surface area contributed by atoms with Crippen molar-refractivity contribution in [3.63, 3.8) is 0 Å². The van der Waals surface area contributed by atoms with Crippen LogP contribution in [0.15, 0.2) is 84.7 Å². The molecular weight excluding hydrogens is 359 g/mol. The molecule has 0 aliphatic heterocycles. The Morgan fingerprint density at radius 2 is 1.08 bits per heavy atom. The number of aliphatic hydroxyl groups is 2. The number of carbonyl (C=O) groups excluding carboxylic acids is 2. The second-order valence-electron chi connectivity index (χ2n) is 4.78. The normalized spacial score (nSPS) is 12.2. The minimum absolute atomic E-state index is 0.189. The van der Waals surface area contributed by atoms with Gasteiger partial charge < -0.3 is 10.2 Å². The van der Waals surface area contributed by atoms with E-state index in [9.17, 15) is 14.2 Å². The second kappa shape index (κ2) is 9.15. The van der Waals surface area contributed by atoms with Gasteiger partial charge in [0.15, 0.2) is 0 Å². The van der Waals surface area contributed by atoms with E-state index >= 15 is 0 Å². The van der Waals surface area contributed by atoms with Crippen LogP contribution in [0.3, 0.4) is 0 Å². The largest absolute Gasteiger partial charge is 0.806 e. The average Bonchev–Trinajstić information content (AvgIpc) is 2.70. The van der Waals surface area contributed by atoms with E-state index in [2.05, 4.69) is 0 Å². The molecule has 0 saturated carbocycles. The van der Waals surface area contributed by atoms with Crippen LogP contribution in [0.1, 0.15) is 20.7 Å². The SMILES string of the molecule is O=C(C(=CO)O[P+](=O)OC(=CO)C(=O)c1ccccc1)c1ccccc1. The van der Waals surface area contributed by atoms with Gasteiger partial charge in [0.1, 0.15) is 12.5 Å². The zero-order chi connectivity index (χ0) is 18.9. The maximum Gasteiger partial charge on any atom is 0.806 e. The summed E-state index contributed by atoms with van der Waals surface area (Å²) in [6, 6.07) is 15.7. The number of aliphatic hydroxyl groups excluding tert-OH is 2. The first-order valence-corrected chi connectivity index (χ1v) is 8.37. The van der Waals surface area contributed by atoms with Crippen LogP contribution in [0.5, 0.6) is 0 Å². The Balaban J connectivity index is 2.06. The molecule has 0 aliphatic carbocycles. The monoisotopic (exact) mass is 373 g/mol. The molecule has 2 rings (SSSR count). The Hall–Kier alpha value is -3.44. The lowest BCUT2D eigenvalue weighted by Gasteiger charge is -2.01. The van der Waals surface area contributed by atoms with Crippen molar-refractivity contribution < 1.29 is 33.4 Å². The number of rotatable bonds is 8. The fourth-order valence-corrected chi connectivity index (χ4v) is 2.51. The lowest BCUT2D eigenvalue weighted by Crippen LogP contribution is -2.07. The first-order chi connectivity index (χ1) is 12.6. The van der Waals surface area contributed by atoms with Crippen molar-refractivity contribution in [3.8, 4) is 0 Å². The van der Waals surface area contributed by atoms with Crippen molar-refractivity contribution in [3.05, 3.63) is 95.8 Å². The maximum atomic E-state index is 12.2. The van der Waals surface area contributed by atoms with E-state index in [0.717, 1.165) is 0 Å². The Morgan fingerprint density at radius 1 is 0.731 bits per heavy atom. The molecule has 0 aliphatic rings. The molecule has 0 spiro atoms. The Morgan fingerprint density at radius 3 is 1.38 bits per heavy atom. The van der Waals surface area contributed by atoms with Crippen molar-refractivity contribution in [2.45, 2.75) is 0 Å². The zero-order valence-corrected chi connectivity index (χ0v) is 14.2. The fourth-order valence-electron chi connectivity index (χ4n) is 1.89. The molecule has 26 heavy (non-hydrogen) atoms. The van der Waals surface area contributed by atoms with Gasteiger partial charge in [0.25, 0.3) is 11.5 Å². The van der Waals surface area contributed by atoms with E-state index in [1.807, 2.05) is 0 Å². The van der Waals surface area contributed by atoms with Gasteiger partial charge in [-0.15, -0.1) is 0 Å². The summed E-state index contributed by atoms with van der Waals surface area (Å²) >= 11 is 0. The predicted molar refractivity (Wildman–Crippen MR) is 92.7 cm³/mol. The number of benzene rings is 2. The molecule has 0 saturated heterocycles. The highest BCUT2D eigenvalue weighted by Gasteiger charge is 2.33. The number of Topliss-reactive ketones (excluding diaryl/α,β-unsaturated/α-hetero) is 2. The highest BCUT2D eigenvalue weighted by Crippen LogP contribution is 2.33. The highest BCUT2D eigenvalue weighted by molar-refractivity contribution is 7.33. The first kappa shape index (κ1) is 18.9. The molecule has 0 aromatic heterocycles. The van der Waals surface area contributed by atoms with Gasteiger partial charge in [-0.25, -0.2) is 9.05 Å². The van der Waals surface area contributed by atoms with Gasteiger partial charge in [-0.1, -0.05) is 60.7 Å². The minimum Gasteiger partial charge on any atom is -0.511 e. The highest BCUT2D eigenvalue weighted by atomic mass is 31.1. The lowest BCUT2D eigenvalue weighted by molar-refractivity contribution is 0.0961. The molecule has 0 atom stereocenters. The Kier molecular flexibility index (Phi) is 6.65. The van der Waals surface area contributed by atoms with E-state index in [0.29, 0.717) is 12.5 Å². The summed E-state index contributed by atoms with van der Waals surface area (Å²) in [5.74, 6) is -2.74. The minimum atomic E-state index is -3.06. The fraction of sp³-hybridized carbons (Fsp3) is 0. The lowest BCUT2D eigenvalue weighted by atomic mass is 10.1. The summed E-state index contributed by atoms with van der Waals surface area (Å²) in [7, 11) is -3.06. The third kappa shape index (κ3) is 4.78. The van der Waals surface area contributed by atoms with Crippen LogP contribution >= 0.6 is 8.25 Å². The van der Waals surface area contributed by atoms with Crippen LogP contribution < -0.4 is 0 Å². The molecule has 0 bridgehead atoms. The van der Waals surface area contributed by atoms with Crippen LogP contribution in [0, 0.1) is 0 Å². The first-order valence-electron chi connectivity index (χ1n) is 7.28. The summed E-state index contributed by atoms with van der Waals surface area (Å²) in [6.45, 7) is 0. The zero-order valence-electron chi connectivity index (χ0n) is 13.3. The van der Waals surface area contributed by atoms with Crippen molar-refractivity contribution in [2.24, 2.45) is 0 Å². The second-order valence-corrected chi connectivity index (χ2v) is 5.60. The topological polar surface area (TPSA) is 110 Å². The van der Waals surface area contributed by atoms with Gasteiger partial charge in [0.2, 0.25) is 11.6 Å². The molecule has 8 heteroatoms. The standard InChI is InChI=1S/C18H13O7P/c19-11-15(17(21)13-7-3-1-4-8-13)24-26(23)25-16(12-20)18(22)14-9-5-2-6-10-14/h1-12H,(H-,19,20,21,22)/p+1. The third-order valence-corrected chi connectivity index (χ3v) is 3.79. The molecule has 2 N–H and O–H groups in total. The summed E-state index contributed by atoms with van der Waals surface area (Å²) in [6.07, 6.45) is 0.681. The summed E-state index contributed by atoms with van der Waals surface area (Å²) in [5.41, 5.74) is 0.379. The van der Waals surface area contributed by atoms with Gasteiger partial charge in [-0.3, -0.25) is 9.59 Å². The quantitative estimate of drug-likeness (QED) is 0.308. The summed E-state index contributed by atoms with van der Waals surface area (Å²) < 4.78 is 21.5. The number of carbonyl (C=O) groups is 2. The van der Waals surface area contributed by atoms with Gasteiger partial charge >= 0.3 is 8.25 Å². The maximum absolute atomic E-state index is 12.2. The van der Waals surface area contributed by atoms with E-state index in [-0.39, 0.29) is 11.1 Å². The molecule has 2 aromatic carbocycles. The van der Waals surface area contributed by atoms with Crippen molar-refractivity contribution in [2.75, 3.05) is 0 Å². The average molecular weight is 373 g/mol. The van der Waals surface area contributed by atoms with Gasteiger partial charge in [0.05, 0.1) is 0 Å². The van der Waals surface area contributed by atoms with Gasteiger partial charge in [-0.05, 0) is 0 Å². The van der Waals surface area contributed by atoms with Crippen LogP contribution in [0.2, 0.25) is 0 Å². The number of allylic oxidation sites excluding steroid dienone is 2. The molecule has 0 amide bonds. The Labute approximate surface area is 149 Å². The van der Waals surface area contributed by atoms with Crippen LogP contribution in [0.4, 0.5) is 0 Å². The van der Waals surface area contributed by atoms with E-state index in [1.54, 1.807) is 36.4 Å². The van der Waals surface area contributed by atoms with Crippen molar-refractivity contribution in [1.29, 1.82) is 0 Å². The van der Waals surface area contributed by atoms with E-state index in [1.165, 1.54) is 24.3 Å². The van der Waals surface area contributed by atoms with Crippen molar-refractivity contribution in [1.82, 2.24) is 0 Å². The molecule has 0 heterocycles. The van der Waals surface area contributed by atoms with Gasteiger partial charge in [-0.2, -0.15) is 0 Å². The Bertz CT molecular complexity index is 786. The molecular formula is C18H14O7P+. The number of hydrogen-bond acceptors (Lipinski definition) is 7.